The van der Waals surface area contributed by atoms with Crippen LogP contribution in [0.3, 0.4) is 0 Å². The molecule has 0 aliphatic carbocycles. The van der Waals surface area contributed by atoms with Crippen LogP contribution in [0.25, 0.3) is 0 Å². The Labute approximate surface area is 169 Å². The van der Waals surface area contributed by atoms with Crippen LogP contribution in [0.5, 0.6) is 0 Å². The minimum atomic E-state index is -0.311. The molecule has 0 spiro atoms. The maximum Gasteiger partial charge on any atom is 1.00 e. The van der Waals surface area contributed by atoms with Gasteiger partial charge in [0.2, 0.25) is 0 Å². The Morgan fingerprint density at radius 2 is 1.41 bits per heavy atom. The molecule has 0 bridgehead atoms. The summed E-state index contributed by atoms with van der Waals surface area (Å²) >= 11 is 8.68. The van der Waals surface area contributed by atoms with Gasteiger partial charge in [0, 0.05) is 23.4 Å². The Balaban J connectivity index is -0.000000135. The van der Waals surface area contributed by atoms with Gasteiger partial charge in [0.05, 0.1) is 14.2 Å². The van der Waals surface area contributed by atoms with Crippen LogP contribution in [-0.2, 0) is 19.1 Å². The fourth-order valence-electron chi connectivity index (χ4n) is 0.885. The zero-order valence-corrected chi connectivity index (χ0v) is 17.2. The van der Waals surface area contributed by atoms with Gasteiger partial charge in [0.15, 0.2) is 0 Å². The summed E-state index contributed by atoms with van der Waals surface area (Å²) in [6.45, 7) is 0. The predicted molar refractivity (Wildman–Crippen MR) is 85.3 cm³/mol. The summed E-state index contributed by atoms with van der Waals surface area (Å²) in [7, 11) is 2.73. The van der Waals surface area contributed by atoms with Crippen LogP contribution in [0.1, 0.15) is 25.7 Å². The number of allylic oxidation sites excluding steroid dienone is 2. The predicted octanol–water partition coefficient (Wildman–Crippen LogP) is -2.37. The van der Waals surface area contributed by atoms with E-state index >= 15 is 0 Å². The second-order valence-corrected chi connectivity index (χ2v) is 4.68. The molecule has 0 saturated carbocycles. The number of carbonyl (C=O) groups excluding carboxylic acids is 2. The average molecular weight is 457 g/mol. The van der Waals surface area contributed by atoms with Gasteiger partial charge in [-0.25, -0.2) is 9.59 Å². The first-order valence-electron chi connectivity index (χ1n) is 6.23. The topological polar surface area (TPSA) is 52.6 Å². The standard InChI is InChI=1S/C7H11BrO2.C7H11ClO2.BrH.Li/c2*1-10-7(9)5-3-2-4-6-8;;/h2*3,5H,2,4,6H2,1H3;1H;/q;;;+1/p-1/b2*5-3+;;. The summed E-state index contributed by atoms with van der Waals surface area (Å²) in [6.07, 6.45) is 10.1. The van der Waals surface area contributed by atoms with Crippen LogP contribution >= 0.6 is 27.5 Å². The molecule has 0 saturated heterocycles. The summed E-state index contributed by atoms with van der Waals surface area (Å²) in [5.74, 6) is 0.0371. The molecule has 0 radical (unpaired) electrons. The second kappa shape index (κ2) is 26.2. The van der Waals surface area contributed by atoms with Crippen molar-refractivity contribution in [2.45, 2.75) is 25.7 Å². The van der Waals surface area contributed by atoms with Crippen LogP contribution in [0.2, 0.25) is 0 Å². The molecule has 0 atom stereocenters. The molecule has 124 valence electrons. The summed E-state index contributed by atoms with van der Waals surface area (Å²) in [6, 6.07) is 0. The van der Waals surface area contributed by atoms with Gasteiger partial charge in [0.25, 0.3) is 0 Å². The van der Waals surface area contributed by atoms with Crippen LogP contribution < -0.4 is 35.8 Å². The molecule has 22 heavy (non-hydrogen) atoms. The molecule has 0 aromatic heterocycles. The first-order valence-corrected chi connectivity index (χ1v) is 7.88. The van der Waals surface area contributed by atoms with Gasteiger partial charge in [0.1, 0.15) is 0 Å². The number of esters is 2. The number of rotatable bonds is 8. The SMILES string of the molecule is COC(=O)/C=C/CCCBr.COC(=O)/C=C/CCCCl.[Br-].[Li+]. The van der Waals surface area contributed by atoms with Crippen LogP contribution in [0.15, 0.2) is 24.3 Å². The third-order valence-electron chi connectivity index (χ3n) is 1.92. The van der Waals surface area contributed by atoms with Gasteiger partial charge in [-0.3, -0.25) is 0 Å². The van der Waals surface area contributed by atoms with E-state index < -0.39 is 0 Å². The van der Waals surface area contributed by atoms with E-state index in [2.05, 4.69) is 25.4 Å². The molecule has 8 heteroatoms. The molecular weight excluding hydrogens is 434 g/mol. The van der Waals surface area contributed by atoms with Gasteiger partial charge >= 0.3 is 30.8 Å². The first-order chi connectivity index (χ1) is 9.62. The van der Waals surface area contributed by atoms with Gasteiger partial charge < -0.3 is 26.5 Å². The van der Waals surface area contributed by atoms with Gasteiger partial charge in [-0.15, -0.1) is 11.6 Å². The number of methoxy groups -OCH3 is 2. The van der Waals surface area contributed by atoms with Crippen molar-refractivity contribution >= 4 is 39.5 Å². The molecule has 0 heterocycles. The van der Waals surface area contributed by atoms with E-state index in [0.29, 0.717) is 5.88 Å². The summed E-state index contributed by atoms with van der Waals surface area (Å²) in [5, 5.41) is 0.971. The molecule has 0 aliphatic rings. The second-order valence-electron chi connectivity index (χ2n) is 3.51. The van der Waals surface area contributed by atoms with E-state index in [1.54, 1.807) is 6.08 Å². The van der Waals surface area contributed by atoms with Gasteiger partial charge in [-0.2, -0.15) is 0 Å². The van der Waals surface area contributed by atoms with Crippen molar-refractivity contribution in [3.8, 4) is 0 Å². The average Bonchev–Trinajstić information content (AvgIpc) is 2.48. The van der Waals surface area contributed by atoms with Crippen molar-refractivity contribution in [2.75, 3.05) is 25.4 Å². The van der Waals surface area contributed by atoms with Gasteiger partial charge in [-0.05, 0) is 25.7 Å². The zero-order chi connectivity index (χ0) is 15.6. The number of ether oxygens (including phenoxy) is 2. The Kier molecular flexibility index (Phi) is 35.9. The molecule has 0 N–H and O–H groups in total. The van der Waals surface area contributed by atoms with Gasteiger partial charge in [-0.1, -0.05) is 28.1 Å². The zero-order valence-electron chi connectivity index (χ0n) is 13.3. The van der Waals surface area contributed by atoms with E-state index in [-0.39, 0.29) is 47.8 Å². The Morgan fingerprint density at radius 1 is 1.00 bits per heavy atom. The molecule has 0 aliphatic heterocycles. The minimum Gasteiger partial charge on any atom is -1.00 e. The Hall–Kier alpha value is 0.267. The van der Waals surface area contributed by atoms with Crippen molar-refractivity contribution in [1.29, 1.82) is 0 Å². The molecule has 0 rings (SSSR count). The fraction of sp³-hybridized carbons (Fsp3) is 0.571. The molecular formula is C14H22Br2ClLiO4. The maximum atomic E-state index is 10.5. The van der Waals surface area contributed by atoms with Crippen LogP contribution in [-0.4, -0.2) is 37.4 Å². The quantitative estimate of drug-likeness (QED) is 0.135. The summed E-state index contributed by atoms with van der Waals surface area (Å²) in [4.78, 5) is 20.9. The molecule has 0 fully saturated rings. The Bertz CT molecular complexity index is 283. The number of hydrogen-bond acceptors (Lipinski definition) is 4. The largest absolute Gasteiger partial charge is 1.00 e. The summed E-state index contributed by atoms with van der Waals surface area (Å²) < 4.78 is 8.76. The molecule has 4 nitrogen and oxygen atoms in total. The van der Waals surface area contributed by atoms with E-state index in [1.165, 1.54) is 26.4 Å². The summed E-state index contributed by atoms with van der Waals surface area (Å²) in [5.41, 5.74) is 0. The molecule has 0 amide bonds. The third-order valence-corrected chi connectivity index (χ3v) is 2.75. The molecule has 0 aromatic carbocycles. The Morgan fingerprint density at radius 3 is 1.73 bits per heavy atom. The first kappa shape index (κ1) is 30.2. The molecule has 0 unspecified atom stereocenters. The van der Waals surface area contributed by atoms with E-state index in [9.17, 15) is 9.59 Å². The fourth-order valence-corrected chi connectivity index (χ4v) is 1.36. The molecule has 0 aromatic rings. The van der Waals surface area contributed by atoms with Crippen LogP contribution in [0.4, 0.5) is 0 Å². The number of carbonyl (C=O) groups is 2. The van der Waals surface area contributed by atoms with E-state index in [1.807, 2.05) is 6.08 Å². The van der Waals surface area contributed by atoms with E-state index in [0.717, 1.165) is 31.0 Å². The maximum absolute atomic E-state index is 10.5. The third kappa shape index (κ3) is 28.4. The normalized spacial score (nSPS) is 9.27. The number of halogens is 3. The van der Waals surface area contributed by atoms with Crippen molar-refractivity contribution in [2.24, 2.45) is 0 Å². The van der Waals surface area contributed by atoms with Crippen molar-refractivity contribution in [3.05, 3.63) is 24.3 Å². The monoisotopic (exact) mass is 454 g/mol. The van der Waals surface area contributed by atoms with E-state index in [4.69, 9.17) is 11.6 Å². The minimum absolute atomic E-state index is 0. The number of alkyl halides is 2. The van der Waals surface area contributed by atoms with Crippen molar-refractivity contribution in [3.63, 3.8) is 0 Å². The van der Waals surface area contributed by atoms with Crippen molar-refractivity contribution < 1.29 is 54.9 Å². The number of unbranched alkanes of at least 4 members (excludes halogenated alkanes) is 2. The van der Waals surface area contributed by atoms with Crippen molar-refractivity contribution in [1.82, 2.24) is 0 Å². The van der Waals surface area contributed by atoms with Crippen LogP contribution in [0, 0.1) is 0 Å². The smallest absolute Gasteiger partial charge is 1.00 e. The number of hydrogen-bond donors (Lipinski definition) is 0.